The van der Waals surface area contributed by atoms with Gasteiger partial charge in [-0.1, -0.05) is 0 Å². The van der Waals surface area contributed by atoms with Crippen LogP contribution in [0.4, 0.5) is 0 Å². The highest BCUT2D eigenvalue weighted by molar-refractivity contribution is 7.09. The van der Waals surface area contributed by atoms with E-state index >= 15 is 0 Å². The molecule has 0 N–H and O–H groups in total. The summed E-state index contributed by atoms with van der Waals surface area (Å²) in [6, 6.07) is 0. The summed E-state index contributed by atoms with van der Waals surface area (Å²) in [5.74, 6) is 1.73. The Balaban J connectivity index is 1.50. The van der Waals surface area contributed by atoms with E-state index in [-0.39, 0.29) is 0 Å². The predicted octanol–water partition coefficient (Wildman–Crippen LogP) is 2.37. The Morgan fingerprint density at radius 1 is 1.32 bits per heavy atom. The van der Waals surface area contributed by atoms with Gasteiger partial charge in [0.15, 0.2) is 0 Å². The first-order chi connectivity index (χ1) is 9.38. The maximum absolute atomic E-state index is 4.76. The first-order valence-electron chi connectivity index (χ1n) is 6.84. The highest BCUT2D eigenvalue weighted by atomic mass is 32.1. The summed E-state index contributed by atoms with van der Waals surface area (Å²) < 4.78 is 0. The third-order valence-electron chi connectivity index (χ3n) is 3.82. The van der Waals surface area contributed by atoms with Gasteiger partial charge in [-0.15, -0.1) is 11.3 Å². The number of hydrogen-bond acceptors (Lipinski definition) is 5. The molecule has 0 bridgehead atoms. The van der Waals surface area contributed by atoms with Crippen LogP contribution in [0.25, 0.3) is 0 Å². The molecular formula is C14H16N4S. The quantitative estimate of drug-likeness (QED) is 0.860. The molecule has 4 rings (SSSR count). The average molecular weight is 272 g/mol. The van der Waals surface area contributed by atoms with Gasteiger partial charge in [-0.3, -0.25) is 4.90 Å². The molecule has 98 valence electrons. The molecule has 1 saturated carbocycles. The van der Waals surface area contributed by atoms with E-state index in [9.17, 15) is 0 Å². The largest absolute Gasteiger partial charge is 0.292 e. The van der Waals surface area contributed by atoms with Gasteiger partial charge in [0.05, 0.1) is 6.54 Å². The smallest absolute Gasteiger partial charge is 0.131 e. The van der Waals surface area contributed by atoms with E-state index in [2.05, 4.69) is 14.9 Å². The number of rotatable bonds is 3. The van der Waals surface area contributed by atoms with E-state index in [1.54, 1.807) is 11.3 Å². The third-order valence-corrected chi connectivity index (χ3v) is 4.58. The Hall–Kier alpha value is -1.33. The molecular weight excluding hydrogens is 256 g/mol. The summed E-state index contributed by atoms with van der Waals surface area (Å²) >= 11 is 1.73. The first-order valence-corrected chi connectivity index (χ1v) is 7.72. The van der Waals surface area contributed by atoms with Crippen molar-refractivity contribution < 1.29 is 0 Å². The molecule has 2 aromatic rings. The van der Waals surface area contributed by atoms with E-state index in [4.69, 9.17) is 4.98 Å². The van der Waals surface area contributed by atoms with E-state index in [1.807, 2.05) is 17.8 Å². The Kier molecular flexibility index (Phi) is 2.81. The first kappa shape index (κ1) is 11.5. The lowest BCUT2D eigenvalue weighted by Crippen LogP contribution is -2.31. The lowest BCUT2D eigenvalue weighted by molar-refractivity contribution is 0.242. The van der Waals surface area contributed by atoms with Crippen LogP contribution in [0, 0.1) is 0 Å². The van der Waals surface area contributed by atoms with E-state index in [1.165, 1.54) is 29.1 Å². The Labute approximate surface area is 116 Å². The van der Waals surface area contributed by atoms with E-state index < -0.39 is 0 Å². The lowest BCUT2D eigenvalue weighted by Gasteiger charge is -2.27. The lowest BCUT2D eigenvalue weighted by atomic mass is 10.1. The molecule has 2 aliphatic rings. The predicted molar refractivity (Wildman–Crippen MR) is 73.9 cm³/mol. The van der Waals surface area contributed by atoms with Crippen LogP contribution in [0.2, 0.25) is 0 Å². The van der Waals surface area contributed by atoms with Crippen molar-refractivity contribution in [2.75, 3.05) is 6.54 Å². The van der Waals surface area contributed by atoms with Crippen molar-refractivity contribution >= 4 is 11.3 Å². The highest BCUT2D eigenvalue weighted by Gasteiger charge is 2.28. The molecule has 3 heterocycles. The summed E-state index contributed by atoms with van der Waals surface area (Å²) in [4.78, 5) is 16.1. The van der Waals surface area contributed by atoms with Crippen LogP contribution in [-0.2, 0) is 19.5 Å². The number of aromatic nitrogens is 3. The van der Waals surface area contributed by atoms with Gasteiger partial charge in [-0.2, -0.15) is 0 Å². The number of nitrogens with zero attached hydrogens (tertiary/aromatic N) is 4. The molecule has 1 fully saturated rings. The number of fused-ring (bicyclic) bond motifs is 1. The van der Waals surface area contributed by atoms with Crippen LogP contribution >= 0.6 is 11.3 Å². The molecule has 0 atom stereocenters. The standard InChI is InChI=1S/C14H16N4S/c1-2-10(1)14-16-7-11-8-18(5-3-12(11)17-14)9-13-15-4-6-19-13/h4,6-7,10H,1-3,5,8-9H2. The van der Waals surface area contributed by atoms with Gasteiger partial charge in [0.2, 0.25) is 0 Å². The molecule has 0 amide bonds. The van der Waals surface area contributed by atoms with Crippen molar-refractivity contribution in [2.24, 2.45) is 0 Å². The zero-order valence-corrected chi connectivity index (χ0v) is 11.6. The van der Waals surface area contributed by atoms with E-state index in [0.29, 0.717) is 5.92 Å². The molecule has 0 aromatic carbocycles. The second-order valence-corrected chi connectivity index (χ2v) is 6.34. The summed E-state index contributed by atoms with van der Waals surface area (Å²) in [6.07, 6.45) is 7.51. The molecule has 1 aliphatic heterocycles. The van der Waals surface area contributed by atoms with Crippen LogP contribution in [-0.4, -0.2) is 26.4 Å². The molecule has 4 nitrogen and oxygen atoms in total. The Morgan fingerprint density at radius 2 is 2.26 bits per heavy atom. The molecule has 19 heavy (non-hydrogen) atoms. The normalized spacial score (nSPS) is 19.4. The van der Waals surface area contributed by atoms with Crippen molar-refractivity contribution in [3.05, 3.63) is 39.9 Å². The van der Waals surface area contributed by atoms with Crippen LogP contribution < -0.4 is 0 Å². The average Bonchev–Trinajstić information content (AvgIpc) is 3.17. The fourth-order valence-electron chi connectivity index (χ4n) is 2.59. The van der Waals surface area contributed by atoms with Crippen molar-refractivity contribution in [1.82, 2.24) is 19.9 Å². The zero-order chi connectivity index (χ0) is 12.7. The van der Waals surface area contributed by atoms with Gasteiger partial charge in [-0.25, -0.2) is 15.0 Å². The van der Waals surface area contributed by atoms with Crippen molar-refractivity contribution in [2.45, 2.75) is 38.3 Å². The molecule has 1 aliphatic carbocycles. The summed E-state index contributed by atoms with van der Waals surface area (Å²) in [7, 11) is 0. The molecule has 0 spiro atoms. The number of thiazole rings is 1. The molecule has 0 radical (unpaired) electrons. The fraction of sp³-hybridized carbons (Fsp3) is 0.500. The highest BCUT2D eigenvalue weighted by Crippen LogP contribution is 2.38. The van der Waals surface area contributed by atoms with Gasteiger partial charge in [0.25, 0.3) is 0 Å². The van der Waals surface area contributed by atoms with Crippen molar-refractivity contribution in [1.29, 1.82) is 0 Å². The minimum absolute atomic E-state index is 0.652. The fourth-order valence-corrected chi connectivity index (χ4v) is 3.24. The van der Waals surface area contributed by atoms with E-state index in [0.717, 1.165) is 31.9 Å². The maximum atomic E-state index is 4.76. The molecule has 5 heteroatoms. The monoisotopic (exact) mass is 272 g/mol. The van der Waals surface area contributed by atoms with Gasteiger partial charge in [-0.05, 0) is 12.8 Å². The summed E-state index contributed by atoms with van der Waals surface area (Å²) in [5.41, 5.74) is 2.57. The third kappa shape index (κ3) is 2.40. The molecule has 0 unspecified atom stereocenters. The Bertz CT molecular complexity index is 577. The van der Waals surface area contributed by atoms with Crippen LogP contribution in [0.3, 0.4) is 0 Å². The van der Waals surface area contributed by atoms with Gasteiger partial charge >= 0.3 is 0 Å². The van der Waals surface area contributed by atoms with Crippen LogP contribution in [0.1, 0.15) is 40.8 Å². The second-order valence-electron chi connectivity index (χ2n) is 5.36. The zero-order valence-electron chi connectivity index (χ0n) is 10.7. The SMILES string of the molecule is c1csc(CN2CCc3nc(C4CC4)ncc3C2)n1. The van der Waals surface area contributed by atoms with Gasteiger partial charge in [0, 0.05) is 54.5 Å². The molecule has 0 saturated heterocycles. The maximum Gasteiger partial charge on any atom is 0.131 e. The van der Waals surface area contributed by atoms with Crippen LogP contribution in [0.5, 0.6) is 0 Å². The number of hydrogen-bond donors (Lipinski definition) is 0. The minimum atomic E-state index is 0.652. The van der Waals surface area contributed by atoms with Crippen molar-refractivity contribution in [3.63, 3.8) is 0 Å². The Morgan fingerprint density at radius 3 is 3.05 bits per heavy atom. The summed E-state index contributed by atoms with van der Waals surface area (Å²) in [6.45, 7) is 2.98. The second kappa shape index (κ2) is 4.65. The van der Waals surface area contributed by atoms with Crippen molar-refractivity contribution in [3.8, 4) is 0 Å². The van der Waals surface area contributed by atoms with Crippen LogP contribution in [0.15, 0.2) is 17.8 Å². The van der Waals surface area contributed by atoms with Gasteiger partial charge in [0.1, 0.15) is 10.8 Å². The molecule has 2 aromatic heterocycles. The topological polar surface area (TPSA) is 41.9 Å². The minimum Gasteiger partial charge on any atom is -0.292 e. The summed E-state index contributed by atoms with van der Waals surface area (Å²) in [5, 5.41) is 3.23. The van der Waals surface area contributed by atoms with Gasteiger partial charge < -0.3 is 0 Å².